The quantitative estimate of drug-likeness (QED) is 0.862. The molecule has 0 aliphatic heterocycles. The molecule has 0 bridgehead atoms. The monoisotopic (exact) mass is 344 g/mol. The first-order chi connectivity index (χ1) is 11.7. The average Bonchev–Trinajstić information content (AvgIpc) is 2.93. The van der Waals surface area contributed by atoms with Gasteiger partial charge in [0.2, 0.25) is 11.8 Å². The summed E-state index contributed by atoms with van der Waals surface area (Å²) in [6, 6.07) is 9.64. The molecule has 25 heavy (non-hydrogen) atoms. The topological polar surface area (TPSA) is 76.5 Å². The maximum atomic E-state index is 12.3. The van der Waals surface area contributed by atoms with Crippen LogP contribution in [0.5, 0.6) is 5.88 Å². The first kappa shape index (κ1) is 18.5. The van der Waals surface area contributed by atoms with Crippen LogP contribution in [-0.2, 0) is 9.59 Å². The van der Waals surface area contributed by atoms with Gasteiger partial charge >= 0.3 is 0 Å². The van der Waals surface area contributed by atoms with Gasteiger partial charge in [0.05, 0.1) is 12.2 Å². The zero-order chi connectivity index (χ0) is 18.6. The van der Waals surface area contributed by atoms with E-state index in [0.717, 1.165) is 11.3 Å². The zero-order valence-corrected chi connectivity index (χ0v) is 15.2. The molecule has 2 rings (SSSR count). The summed E-state index contributed by atoms with van der Waals surface area (Å²) in [6.07, 6.45) is 1.84. The number of nitrogens with zero attached hydrogens (tertiary/aromatic N) is 3. The van der Waals surface area contributed by atoms with Crippen molar-refractivity contribution in [2.45, 2.75) is 26.4 Å². The molecule has 7 nitrogen and oxygen atoms in total. The Morgan fingerprint density at radius 3 is 2.48 bits per heavy atom. The van der Waals surface area contributed by atoms with Crippen molar-refractivity contribution in [2.75, 3.05) is 20.6 Å². The number of aromatic nitrogens is 2. The predicted molar refractivity (Wildman–Crippen MR) is 94.7 cm³/mol. The summed E-state index contributed by atoms with van der Waals surface area (Å²) in [5.74, 6) is -0.187. The van der Waals surface area contributed by atoms with E-state index in [1.165, 1.54) is 4.90 Å². The molecule has 2 amide bonds. The van der Waals surface area contributed by atoms with Gasteiger partial charge in [0.25, 0.3) is 5.91 Å². The lowest BCUT2D eigenvalue weighted by Crippen LogP contribution is -2.49. The maximum absolute atomic E-state index is 12.3. The van der Waals surface area contributed by atoms with Crippen LogP contribution in [0.25, 0.3) is 5.69 Å². The second-order valence-electron chi connectivity index (χ2n) is 6.48. The van der Waals surface area contributed by atoms with E-state index in [9.17, 15) is 9.59 Å². The Morgan fingerprint density at radius 1 is 1.24 bits per heavy atom. The Morgan fingerprint density at radius 2 is 1.88 bits per heavy atom. The highest BCUT2D eigenvalue weighted by atomic mass is 16.5. The fourth-order valence-corrected chi connectivity index (χ4v) is 2.07. The lowest BCUT2D eigenvalue weighted by Gasteiger charge is -2.24. The van der Waals surface area contributed by atoms with E-state index in [2.05, 4.69) is 10.4 Å². The fourth-order valence-electron chi connectivity index (χ4n) is 2.07. The number of likely N-dealkylation sites (N-methyl/N-ethyl adjacent to an activating group) is 1. The van der Waals surface area contributed by atoms with E-state index < -0.39 is 5.60 Å². The van der Waals surface area contributed by atoms with Crippen LogP contribution in [0.4, 0.5) is 0 Å². The third-order valence-corrected chi connectivity index (χ3v) is 3.67. The molecule has 0 spiro atoms. The van der Waals surface area contributed by atoms with Crippen molar-refractivity contribution in [3.8, 4) is 11.6 Å². The number of hydrogen-bond acceptors (Lipinski definition) is 4. The molecule has 0 unspecified atom stereocenters. The van der Waals surface area contributed by atoms with E-state index >= 15 is 0 Å². The molecule has 0 aliphatic rings. The molecule has 1 aromatic carbocycles. The summed E-state index contributed by atoms with van der Waals surface area (Å²) in [6.45, 7) is 5.08. The van der Waals surface area contributed by atoms with Crippen molar-refractivity contribution in [1.82, 2.24) is 20.0 Å². The summed E-state index contributed by atoms with van der Waals surface area (Å²) in [4.78, 5) is 25.4. The van der Waals surface area contributed by atoms with E-state index in [0.29, 0.717) is 5.88 Å². The van der Waals surface area contributed by atoms with Crippen molar-refractivity contribution in [2.24, 2.45) is 0 Å². The first-order valence-electron chi connectivity index (χ1n) is 8.00. The standard InChI is InChI=1S/C18H24N4O3/c1-13-12-22(14-9-7-6-8-10-14)20-16(13)25-18(2,3)17(24)19-11-15(23)21(4)5/h6-10,12H,11H2,1-5H3,(H,19,24). The maximum Gasteiger partial charge on any atom is 0.264 e. The Labute approximate surface area is 147 Å². The highest BCUT2D eigenvalue weighted by Crippen LogP contribution is 2.22. The number of para-hydroxylation sites is 1. The smallest absolute Gasteiger partial charge is 0.264 e. The molecule has 0 radical (unpaired) electrons. The van der Waals surface area contributed by atoms with Crippen LogP contribution in [0.1, 0.15) is 19.4 Å². The summed E-state index contributed by atoms with van der Waals surface area (Å²) < 4.78 is 7.52. The van der Waals surface area contributed by atoms with Crippen molar-refractivity contribution in [1.29, 1.82) is 0 Å². The second kappa shape index (κ2) is 7.38. The summed E-state index contributed by atoms with van der Waals surface area (Å²) in [5.41, 5.74) is 0.557. The molecular formula is C18H24N4O3. The molecule has 0 saturated carbocycles. The van der Waals surface area contributed by atoms with Crippen molar-refractivity contribution >= 4 is 11.8 Å². The number of amides is 2. The van der Waals surface area contributed by atoms with Crippen LogP contribution in [0, 0.1) is 6.92 Å². The van der Waals surface area contributed by atoms with Gasteiger partial charge in [-0.1, -0.05) is 18.2 Å². The van der Waals surface area contributed by atoms with Gasteiger partial charge in [0, 0.05) is 25.9 Å². The van der Waals surface area contributed by atoms with Gasteiger partial charge in [-0.25, -0.2) is 4.68 Å². The van der Waals surface area contributed by atoms with Crippen LogP contribution < -0.4 is 10.1 Å². The molecule has 7 heteroatoms. The molecular weight excluding hydrogens is 320 g/mol. The summed E-state index contributed by atoms with van der Waals surface area (Å²) in [7, 11) is 3.27. The third-order valence-electron chi connectivity index (χ3n) is 3.67. The number of nitrogens with one attached hydrogen (secondary N) is 1. The largest absolute Gasteiger partial charge is 0.460 e. The first-order valence-corrected chi connectivity index (χ1v) is 8.00. The Balaban J connectivity index is 2.08. The molecule has 0 saturated heterocycles. The zero-order valence-electron chi connectivity index (χ0n) is 15.2. The molecule has 1 N–H and O–H groups in total. The highest BCUT2D eigenvalue weighted by molar-refractivity contribution is 5.89. The van der Waals surface area contributed by atoms with E-state index in [-0.39, 0.29) is 18.4 Å². The Hall–Kier alpha value is -2.83. The minimum atomic E-state index is -1.16. The van der Waals surface area contributed by atoms with Gasteiger partial charge in [0.1, 0.15) is 0 Å². The SMILES string of the molecule is Cc1cn(-c2ccccc2)nc1OC(C)(C)C(=O)NCC(=O)N(C)C. The molecule has 134 valence electrons. The normalized spacial score (nSPS) is 11.1. The summed E-state index contributed by atoms with van der Waals surface area (Å²) >= 11 is 0. The van der Waals surface area contributed by atoms with E-state index in [1.807, 2.05) is 43.5 Å². The Bertz CT molecular complexity index is 751. The van der Waals surface area contributed by atoms with Crippen LogP contribution in [0.2, 0.25) is 0 Å². The minimum Gasteiger partial charge on any atom is -0.460 e. The van der Waals surface area contributed by atoms with Crippen LogP contribution >= 0.6 is 0 Å². The van der Waals surface area contributed by atoms with E-state index in [1.54, 1.807) is 32.6 Å². The van der Waals surface area contributed by atoms with Crippen LogP contribution in [0.3, 0.4) is 0 Å². The van der Waals surface area contributed by atoms with Crippen molar-refractivity contribution in [3.63, 3.8) is 0 Å². The summed E-state index contributed by atoms with van der Waals surface area (Å²) in [5, 5.41) is 7.00. The molecule has 0 atom stereocenters. The number of aryl methyl sites for hydroxylation is 1. The number of carbonyl (C=O) groups is 2. The molecule has 2 aromatic rings. The van der Waals surface area contributed by atoms with Gasteiger partial charge in [0.15, 0.2) is 5.60 Å². The number of hydrogen-bond donors (Lipinski definition) is 1. The molecule has 0 fully saturated rings. The van der Waals surface area contributed by atoms with Gasteiger partial charge in [-0.05, 0) is 32.9 Å². The average molecular weight is 344 g/mol. The van der Waals surface area contributed by atoms with Gasteiger partial charge in [-0.3, -0.25) is 9.59 Å². The van der Waals surface area contributed by atoms with Crippen LogP contribution in [0.15, 0.2) is 36.5 Å². The highest BCUT2D eigenvalue weighted by Gasteiger charge is 2.31. The van der Waals surface area contributed by atoms with Gasteiger partial charge in [-0.2, -0.15) is 0 Å². The van der Waals surface area contributed by atoms with E-state index in [4.69, 9.17) is 4.74 Å². The molecule has 1 aromatic heterocycles. The molecule has 1 heterocycles. The number of carbonyl (C=O) groups excluding carboxylic acids is 2. The van der Waals surface area contributed by atoms with Gasteiger partial charge < -0.3 is 15.0 Å². The number of ether oxygens (including phenoxy) is 1. The fraction of sp³-hybridized carbons (Fsp3) is 0.389. The molecule has 0 aliphatic carbocycles. The second-order valence-corrected chi connectivity index (χ2v) is 6.48. The third kappa shape index (κ3) is 4.59. The Kier molecular flexibility index (Phi) is 5.46. The van der Waals surface area contributed by atoms with Crippen molar-refractivity contribution < 1.29 is 14.3 Å². The lowest BCUT2D eigenvalue weighted by molar-refractivity contribution is -0.137. The predicted octanol–water partition coefficient (Wildman–Crippen LogP) is 1.54. The minimum absolute atomic E-state index is 0.0734. The number of rotatable bonds is 6. The number of benzene rings is 1. The van der Waals surface area contributed by atoms with Crippen molar-refractivity contribution in [3.05, 3.63) is 42.1 Å². The lowest BCUT2D eigenvalue weighted by atomic mass is 10.1. The van der Waals surface area contributed by atoms with Crippen LogP contribution in [-0.4, -0.2) is 52.7 Å². The van der Waals surface area contributed by atoms with Gasteiger partial charge in [-0.15, -0.1) is 5.10 Å².